The van der Waals surface area contributed by atoms with E-state index in [0.29, 0.717) is 6.61 Å². The van der Waals surface area contributed by atoms with E-state index in [1.807, 2.05) is 36.9 Å². The van der Waals surface area contributed by atoms with Gasteiger partial charge in [0.1, 0.15) is 5.75 Å². The molecule has 1 atom stereocenters. The molecule has 108 valence electrons. The zero-order chi connectivity index (χ0) is 14.5. The van der Waals surface area contributed by atoms with Crippen LogP contribution in [0.1, 0.15) is 18.2 Å². The number of hydrogen-bond donors (Lipinski definition) is 1. The van der Waals surface area contributed by atoms with Crippen LogP contribution in [0.3, 0.4) is 0 Å². The van der Waals surface area contributed by atoms with Crippen LogP contribution in [-0.2, 0) is 19.9 Å². The van der Waals surface area contributed by atoms with Crippen LogP contribution in [0.25, 0.3) is 0 Å². The summed E-state index contributed by atoms with van der Waals surface area (Å²) in [6.07, 6.45) is 3.48. The maximum absolute atomic E-state index is 5.85. The molecule has 2 aromatic rings. The van der Waals surface area contributed by atoms with Gasteiger partial charge in [-0.3, -0.25) is 4.68 Å². The van der Waals surface area contributed by atoms with Crippen molar-refractivity contribution in [3.63, 3.8) is 0 Å². The monoisotopic (exact) mass is 337 g/mol. The first-order valence-corrected chi connectivity index (χ1v) is 7.49. The zero-order valence-corrected chi connectivity index (χ0v) is 13.4. The molecule has 5 heteroatoms. The smallest absolute Gasteiger partial charge is 0.119 e. The number of hydrogen-bond acceptors (Lipinski definition) is 3. The Kier molecular flexibility index (Phi) is 5.20. The second-order valence-corrected chi connectivity index (χ2v) is 5.83. The molecule has 1 aromatic heterocycles. The van der Waals surface area contributed by atoms with E-state index in [1.165, 1.54) is 5.56 Å². The van der Waals surface area contributed by atoms with Crippen LogP contribution < -0.4 is 10.5 Å². The molecule has 1 heterocycles. The van der Waals surface area contributed by atoms with Crippen LogP contribution in [0.5, 0.6) is 5.75 Å². The molecule has 2 rings (SSSR count). The SMILES string of the molecule is CC(N)Cc1cc(OCCc2ccnn2C)ccc1Br. The molecule has 0 fully saturated rings. The Bertz CT molecular complexity index is 566. The Morgan fingerprint density at radius 2 is 2.20 bits per heavy atom. The van der Waals surface area contributed by atoms with Gasteiger partial charge in [0.05, 0.1) is 6.61 Å². The molecule has 0 aliphatic carbocycles. The van der Waals surface area contributed by atoms with Crippen molar-refractivity contribution in [3.05, 3.63) is 46.2 Å². The van der Waals surface area contributed by atoms with Crippen molar-refractivity contribution in [2.24, 2.45) is 12.8 Å². The first-order chi connectivity index (χ1) is 9.56. The number of aromatic nitrogens is 2. The maximum atomic E-state index is 5.85. The van der Waals surface area contributed by atoms with E-state index in [0.717, 1.165) is 28.8 Å². The molecule has 0 spiro atoms. The normalized spacial score (nSPS) is 12.4. The van der Waals surface area contributed by atoms with E-state index in [9.17, 15) is 0 Å². The van der Waals surface area contributed by atoms with Gasteiger partial charge in [0.15, 0.2) is 0 Å². The number of nitrogens with two attached hydrogens (primary N) is 1. The van der Waals surface area contributed by atoms with Crippen molar-refractivity contribution in [1.29, 1.82) is 0 Å². The van der Waals surface area contributed by atoms with Crippen molar-refractivity contribution < 1.29 is 4.74 Å². The van der Waals surface area contributed by atoms with Crippen molar-refractivity contribution in [3.8, 4) is 5.75 Å². The van der Waals surface area contributed by atoms with Crippen molar-refractivity contribution >= 4 is 15.9 Å². The highest BCUT2D eigenvalue weighted by Crippen LogP contribution is 2.23. The summed E-state index contributed by atoms with van der Waals surface area (Å²) in [6, 6.07) is 8.18. The maximum Gasteiger partial charge on any atom is 0.119 e. The zero-order valence-electron chi connectivity index (χ0n) is 11.8. The molecule has 0 amide bonds. The average Bonchev–Trinajstić information content (AvgIpc) is 2.79. The van der Waals surface area contributed by atoms with Gasteiger partial charge in [-0.2, -0.15) is 5.10 Å². The molecule has 20 heavy (non-hydrogen) atoms. The third-order valence-electron chi connectivity index (χ3n) is 3.11. The van der Waals surface area contributed by atoms with Gasteiger partial charge in [0, 0.05) is 35.9 Å². The second kappa shape index (κ2) is 6.90. The van der Waals surface area contributed by atoms with Gasteiger partial charge >= 0.3 is 0 Å². The van der Waals surface area contributed by atoms with E-state index in [1.54, 1.807) is 6.20 Å². The van der Waals surface area contributed by atoms with Crippen LogP contribution in [0.2, 0.25) is 0 Å². The summed E-state index contributed by atoms with van der Waals surface area (Å²) in [4.78, 5) is 0. The summed E-state index contributed by atoms with van der Waals surface area (Å²) in [5, 5.41) is 4.14. The molecule has 0 saturated carbocycles. The lowest BCUT2D eigenvalue weighted by Gasteiger charge is -2.11. The summed E-state index contributed by atoms with van der Waals surface area (Å²) >= 11 is 3.55. The molecular formula is C15H20BrN3O. The molecule has 0 aliphatic heterocycles. The van der Waals surface area contributed by atoms with E-state index >= 15 is 0 Å². The number of halogens is 1. The average molecular weight is 338 g/mol. The largest absolute Gasteiger partial charge is 0.493 e. The Labute approximate surface area is 128 Å². The highest BCUT2D eigenvalue weighted by Gasteiger charge is 2.06. The van der Waals surface area contributed by atoms with Crippen LogP contribution in [0, 0.1) is 0 Å². The van der Waals surface area contributed by atoms with Gasteiger partial charge in [-0.15, -0.1) is 0 Å². The summed E-state index contributed by atoms with van der Waals surface area (Å²) < 4.78 is 8.75. The molecule has 2 N–H and O–H groups in total. The first-order valence-electron chi connectivity index (χ1n) is 6.70. The van der Waals surface area contributed by atoms with Crippen molar-refractivity contribution in [2.75, 3.05) is 6.61 Å². The van der Waals surface area contributed by atoms with Gasteiger partial charge in [-0.25, -0.2) is 0 Å². The number of rotatable bonds is 6. The van der Waals surface area contributed by atoms with Crippen molar-refractivity contribution in [2.45, 2.75) is 25.8 Å². The molecule has 0 saturated heterocycles. The van der Waals surface area contributed by atoms with Crippen LogP contribution in [0.4, 0.5) is 0 Å². The highest BCUT2D eigenvalue weighted by atomic mass is 79.9. The molecule has 0 radical (unpaired) electrons. The Hall–Kier alpha value is -1.33. The van der Waals surface area contributed by atoms with Crippen LogP contribution in [0.15, 0.2) is 34.9 Å². The predicted octanol–water partition coefficient (Wildman–Crippen LogP) is 2.69. The number of aryl methyl sites for hydroxylation is 1. The molecule has 4 nitrogen and oxygen atoms in total. The summed E-state index contributed by atoms with van der Waals surface area (Å²) in [7, 11) is 1.94. The predicted molar refractivity (Wildman–Crippen MR) is 83.9 cm³/mol. The lowest BCUT2D eigenvalue weighted by molar-refractivity contribution is 0.318. The first kappa shape index (κ1) is 15.1. The van der Waals surface area contributed by atoms with Crippen molar-refractivity contribution in [1.82, 2.24) is 9.78 Å². The topological polar surface area (TPSA) is 53.1 Å². The quantitative estimate of drug-likeness (QED) is 0.881. The molecule has 0 bridgehead atoms. The van der Waals surface area contributed by atoms with E-state index in [4.69, 9.17) is 10.5 Å². The van der Waals surface area contributed by atoms with Gasteiger partial charge < -0.3 is 10.5 Å². The van der Waals surface area contributed by atoms with Gasteiger partial charge in [0.2, 0.25) is 0 Å². The fourth-order valence-corrected chi connectivity index (χ4v) is 2.47. The lowest BCUT2D eigenvalue weighted by atomic mass is 10.1. The summed E-state index contributed by atoms with van der Waals surface area (Å²) in [6.45, 7) is 2.64. The standard InChI is InChI=1S/C15H20BrN3O/c1-11(17)9-12-10-14(3-4-15(12)16)20-8-6-13-5-7-18-19(13)2/h3-5,7,10-11H,6,8-9,17H2,1-2H3. The minimum atomic E-state index is 0.135. The Morgan fingerprint density at radius 1 is 1.40 bits per heavy atom. The fourth-order valence-electron chi connectivity index (χ4n) is 2.06. The molecule has 1 unspecified atom stereocenters. The van der Waals surface area contributed by atoms with Gasteiger partial charge in [0.25, 0.3) is 0 Å². The highest BCUT2D eigenvalue weighted by molar-refractivity contribution is 9.10. The van der Waals surface area contributed by atoms with E-state index in [2.05, 4.69) is 27.1 Å². The van der Waals surface area contributed by atoms with E-state index in [-0.39, 0.29) is 6.04 Å². The summed E-state index contributed by atoms with van der Waals surface area (Å²) in [5.41, 5.74) is 8.20. The minimum absolute atomic E-state index is 0.135. The molecule has 1 aromatic carbocycles. The number of ether oxygens (including phenoxy) is 1. The third kappa shape index (κ3) is 4.08. The number of benzene rings is 1. The van der Waals surface area contributed by atoms with Gasteiger partial charge in [-0.05, 0) is 43.2 Å². The Morgan fingerprint density at radius 3 is 2.85 bits per heavy atom. The minimum Gasteiger partial charge on any atom is -0.493 e. The Balaban J connectivity index is 1.94. The lowest BCUT2D eigenvalue weighted by Crippen LogP contribution is -2.18. The number of nitrogens with zero attached hydrogens (tertiary/aromatic N) is 2. The second-order valence-electron chi connectivity index (χ2n) is 4.98. The third-order valence-corrected chi connectivity index (χ3v) is 3.88. The molecular weight excluding hydrogens is 318 g/mol. The van der Waals surface area contributed by atoms with Crippen LogP contribution in [-0.4, -0.2) is 22.4 Å². The van der Waals surface area contributed by atoms with Gasteiger partial charge in [-0.1, -0.05) is 15.9 Å². The summed E-state index contributed by atoms with van der Waals surface area (Å²) in [5.74, 6) is 0.881. The van der Waals surface area contributed by atoms with E-state index < -0.39 is 0 Å². The fraction of sp³-hybridized carbons (Fsp3) is 0.400. The van der Waals surface area contributed by atoms with Crippen LogP contribution >= 0.6 is 15.9 Å². The molecule has 0 aliphatic rings.